The van der Waals surface area contributed by atoms with Crippen molar-refractivity contribution >= 4 is 11.9 Å². The van der Waals surface area contributed by atoms with E-state index in [9.17, 15) is 9.59 Å². The molecule has 2 aromatic carbocycles. The van der Waals surface area contributed by atoms with Gasteiger partial charge in [0.25, 0.3) is 0 Å². The fourth-order valence-corrected chi connectivity index (χ4v) is 2.90. The standard InChI is InChI=1S/C22H23N3O4/c1-25(15-19-11-6-12-28-19)21(26)14-20(24-22(23)27)16-7-5-10-18(13-16)29-17-8-3-2-4-9-17/h2-13,20H,14-15H2,1H3,(H3,23,24,27)/t20-/m0/s1. The van der Waals surface area contributed by atoms with Crippen LogP contribution in [-0.4, -0.2) is 23.9 Å². The van der Waals surface area contributed by atoms with Crippen molar-refractivity contribution in [3.63, 3.8) is 0 Å². The van der Waals surface area contributed by atoms with E-state index >= 15 is 0 Å². The van der Waals surface area contributed by atoms with E-state index in [-0.39, 0.29) is 12.3 Å². The largest absolute Gasteiger partial charge is 0.467 e. The van der Waals surface area contributed by atoms with Crippen molar-refractivity contribution in [3.8, 4) is 11.5 Å². The first kappa shape index (κ1) is 20.0. The number of hydrogen-bond acceptors (Lipinski definition) is 4. The number of hydrogen-bond donors (Lipinski definition) is 2. The van der Waals surface area contributed by atoms with Gasteiger partial charge in [0.15, 0.2) is 0 Å². The predicted molar refractivity (Wildman–Crippen MR) is 108 cm³/mol. The van der Waals surface area contributed by atoms with Gasteiger partial charge in [0.2, 0.25) is 5.91 Å². The number of rotatable bonds is 8. The normalized spacial score (nSPS) is 11.5. The zero-order valence-corrected chi connectivity index (χ0v) is 16.1. The molecule has 150 valence electrons. The molecule has 0 bridgehead atoms. The third-order valence-electron chi connectivity index (χ3n) is 4.33. The van der Waals surface area contributed by atoms with Gasteiger partial charge < -0.3 is 25.1 Å². The molecule has 1 aromatic heterocycles. The average molecular weight is 393 g/mol. The molecule has 29 heavy (non-hydrogen) atoms. The van der Waals surface area contributed by atoms with Crippen molar-refractivity contribution in [3.05, 3.63) is 84.3 Å². The molecule has 0 saturated heterocycles. The summed E-state index contributed by atoms with van der Waals surface area (Å²) in [5.41, 5.74) is 6.05. The Labute approximate surface area is 169 Å². The molecule has 0 radical (unpaired) electrons. The van der Waals surface area contributed by atoms with Crippen LogP contribution in [0.1, 0.15) is 23.8 Å². The summed E-state index contributed by atoms with van der Waals surface area (Å²) in [6.07, 6.45) is 1.61. The maximum atomic E-state index is 12.7. The van der Waals surface area contributed by atoms with Crippen LogP contribution in [0.15, 0.2) is 77.4 Å². The highest BCUT2D eigenvalue weighted by molar-refractivity contribution is 5.78. The SMILES string of the molecule is CN(Cc1ccco1)C(=O)C[C@H](NC(N)=O)c1cccc(Oc2ccccc2)c1. The highest BCUT2D eigenvalue weighted by atomic mass is 16.5. The minimum absolute atomic E-state index is 0.0505. The Kier molecular flexibility index (Phi) is 6.52. The number of nitrogens with two attached hydrogens (primary N) is 1. The van der Waals surface area contributed by atoms with Crippen LogP contribution in [0.3, 0.4) is 0 Å². The Morgan fingerprint density at radius 2 is 1.83 bits per heavy atom. The van der Waals surface area contributed by atoms with Crippen molar-refractivity contribution in [2.75, 3.05) is 7.05 Å². The van der Waals surface area contributed by atoms with Gasteiger partial charge in [-0.25, -0.2) is 4.79 Å². The van der Waals surface area contributed by atoms with E-state index in [0.29, 0.717) is 23.8 Å². The van der Waals surface area contributed by atoms with Crippen LogP contribution in [-0.2, 0) is 11.3 Å². The van der Waals surface area contributed by atoms with E-state index in [4.69, 9.17) is 14.9 Å². The fraction of sp³-hybridized carbons (Fsp3) is 0.182. The second-order valence-electron chi connectivity index (χ2n) is 6.58. The molecule has 0 saturated carbocycles. The summed E-state index contributed by atoms with van der Waals surface area (Å²) >= 11 is 0. The van der Waals surface area contributed by atoms with Crippen LogP contribution < -0.4 is 15.8 Å². The smallest absolute Gasteiger partial charge is 0.312 e. The van der Waals surface area contributed by atoms with Crippen LogP contribution >= 0.6 is 0 Å². The Balaban J connectivity index is 1.73. The Bertz CT molecular complexity index is 942. The van der Waals surface area contributed by atoms with Crippen molar-refractivity contribution in [1.82, 2.24) is 10.2 Å². The molecule has 7 heteroatoms. The quantitative estimate of drug-likeness (QED) is 0.608. The van der Waals surface area contributed by atoms with Gasteiger partial charge >= 0.3 is 6.03 Å². The lowest BCUT2D eigenvalue weighted by Gasteiger charge is -2.22. The van der Waals surface area contributed by atoms with Crippen molar-refractivity contribution in [1.29, 1.82) is 0 Å². The van der Waals surface area contributed by atoms with Gasteiger partial charge in [-0.15, -0.1) is 0 Å². The number of urea groups is 1. The summed E-state index contributed by atoms with van der Waals surface area (Å²) in [5.74, 6) is 1.81. The number of carbonyl (C=O) groups excluding carboxylic acids is 2. The molecule has 7 nitrogen and oxygen atoms in total. The highest BCUT2D eigenvalue weighted by Gasteiger charge is 2.21. The van der Waals surface area contributed by atoms with E-state index in [1.807, 2.05) is 42.5 Å². The lowest BCUT2D eigenvalue weighted by molar-refractivity contribution is -0.131. The fourth-order valence-electron chi connectivity index (χ4n) is 2.90. The first-order valence-corrected chi connectivity index (χ1v) is 9.16. The minimum atomic E-state index is -0.703. The molecule has 1 atom stereocenters. The summed E-state index contributed by atoms with van der Waals surface area (Å²) < 4.78 is 11.1. The number of ether oxygens (including phenoxy) is 1. The summed E-state index contributed by atoms with van der Waals surface area (Å²) in [7, 11) is 1.68. The second-order valence-corrected chi connectivity index (χ2v) is 6.58. The van der Waals surface area contributed by atoms with E-state index in [1.54, 1.807) is 42.5 Å². The second kappa shape index (κ2) is 9.45. The zero-order valence-electron chi connectivity index (χ0n) is 16.1. The zero-order chi connectivity index (χ0) is 20.6. The van der Waals surface area contributed by atoms with Crippen LogP contribution in [0.25, 0.3) is 0 Å². The molecule has 0 aliphatic rings. The van der Waals surface area contributed by atoms with Gasteiger partial charge in [-0.05, 0) is 42.0 Å². The average Bonchev–Trinajstić information content (AvgIpc) is 3.21. The summed E-state index contributed by atoms with van der Waals surface area (Å²) in [6.45, 7) is 0.340. The van der Waals surface area contributed by atoms with Crippen molar-refractivity contribution in [2.24, 2.45) is 5.73 Å². The Morgan fingerprint density at radius 1 is 1.07 bits per heavy atom. The first-order chi connectivity index (χ1) is 14.0. The molecule has 3 amide bonds. The van der Waals surface area contributed by atoms with E-state index < -0.39 is 12.1 Å². The van der Waals surface area contributed by atoms with Crippen LogP contribution in [0.2, 0.25) is 0 Å². The Morgan fingerprint density at radius 3 is 2.52 bits per heavy atom. The van der Waals surface area contributed by atoms with E-state index in [0.717, 1.165) is 5.56 Å². The molecule has 3 rings (SSSR count). The van der Waals surface area contributed by atoms with Gasteiger partial charge in [0.1, 0.15) is 17.3 Å². The molecule has 0 spiro atoms. The van der Waals surface area contributed by atoms with Crippen LogP contribution in [0, 0.1) is 0 Å². The number of primary amides is 1. The third kappa shape index (κ3) is 5.87. The monoisotopic (exact) mass is 393 g/mol. The molecule has 0 unspecified atom stereocenters. The number of para-hydroxylation sites is 1. The molecule has 0 aliphatic carbocycles. The van der Waals surface area contributed by atoms with Gasteiger partial charge in [-0.1, -0.05) is 30.3 Å². The number of nitrogens with zero attached hydrogens (tertiary/aromatic N) is 1. The molecule has 0 fully saturated rings. The van der Waals surface area contributed by atoms with Crippen molar-refractivity contribution < 1.29 is 18.7 Å². The number of nitrogens with one attached hydrogen (secondary N) is 1. The molecular weight excluding hydrogens is 370 g/mol. The molecule has 0 aliphatic heterocycles. The van der Waals surface area contributed by atoms with Gasteiger partial charge in [0, 0.05) is 7.05 Å². The highest BCUT2D eigenvalue weighted by Crippen LogP contribution is 2.26. The maximum Gasteiger partial charge on any atom is 0.312 e. The van der Waals surface area contributed by atoms with Crippen LogP contribution in [0.4, 0.5) is 4.79 Å². The lowest BCUT2D eigenvalue weighted by atomic mass is 10.0. The summed E-state index contributed by atoms with van der Waals surface area (Å²) in [6, 6.07) is 18.8. The van der Waals surface area contributed by atoms with E-state index in [2.05, 4.69) is 5.32 Å². The van der Waals surface area contributed by atoms with E-state index in [1.165, 1.54) is 0 Å². The topological polar surface area (TPSA) is 97.8 Å². The predicted octanol–water partition coefficient (Wildman–Crippen LogP) is 3.83. The molecule has 3 N–H and O–H groups in total. The van der Waals surface area contributed by atoms with Gasteiger partial charge in [-0.2, -0.15) is 0 Å². The summed E-state index contributed by atoms with van der Waals surface area (Å²) in [4.78, 5) is 25.7. The minimum Gasteiger partial charge on any atom is -0.467 e. The molecule has 3 aromatic rings. The summed E-state index contributed by atoms with van der Waals surface area (Å²) in [5, 5.41) is 2.64. The first-order valence-electron chi connectivity index (χ1n) is 9.16. The third-order valence-corrected chi connectivity index (χ3v) is 4.33. The number of amides is 3. The number of benzene rings is 2. The Hall–Kier alpha value is -3.74. The van der Waals surface area contributed by atoms with Gasteiger partial charge in [-0.3, -0.25) is 4.79 Å². The van der Waals surface area contributed by atoms with Gasteiger partial charge in [0.05, 0.1) is 25.3 Å². The molecule has 1 heterocycles. The maximum absolute atomic E-state index is 12.7. The number of carbonyl (C=O) groups is 2. The lowest BCUT2D eigenvalue weighted by Crippen LogP contribution is -2.37. The van der Waals surface area contributed by atoms with Crippen LogP contribution in [0.5, 0.6) is 11.5 Å². The van der Waals surface area contributed by atoms with Crippen molar-refractivity contribution in [2.45, 2.75) is 19.0 Å². The number of furan rings is 1. The molecular formula is C22H23N3O4.